The smallest absolute Gasteiger partial charge is 0.344 e. The normalized spacial score (nSPS) is 11.3. The molecule has 0 bridgehead atoms. The zero-order valence-corrected chi connectivity index (χ0v) is 20.4. The van der Waals surface area contributed by atoms with Gasteiger partial charge in [0.2, 0.25) is 0 Å². The van der Waals surface area contributed by atoms with Crippen LogP contribution in [0.5, 0.6) is 5.75 Å². The van der Waals surface area contributed by atoms with Crippen LogP contribution in [0, 0.1) is 10.1 Å². The third kappa shape index (κ3) is 6.04. The second kappa shape index (κ2) is 11.0. The summed E-state index contributed by atoms with van der Waals surface area (Å²) in [6.07, 6.45) is 2.20. The Balaban J connectivity index is 2.04. The van der Waals surface area contributed by atoms with Crippen LogP contribution < -0.4 is 10.3 Å². The molecule has 0 fully saturated rings. The highest BCUT2D eigenvalue weighted by atomic mass is 79.9. The zero-order valence-electron chi connectivity index (χ0n) is 18.9. The Hall–Kier alpha value is -3.60. The van der Waals surface area contributed by atoms with Gasteiger partial charge in [-0.2, -0.15) is 9.78 Å². The van der Waals surface area contributed by atoms with E-state index >= 15 is 0 Å². The summed E-state index contributed by atoms with van der Waals surface area (Å²) in [5, 5.41) is 15.9. The first kappa shape index (κ1) is 25.0. The molecule has 1 aromatic heterocycles. The Kier molecular flexibility index (Phi) is 8.11. The van der Waals surface area contributed by atoms with Crippen molar-refractivity contribution in [1.29, 1.82) is 0 Å². The third-order valence-electron chi connectivity index (χ3n) is 4.58. The largest absolute Gasteiger partial charge is 0.481 e. The van der Waals surface area contributed by atoms with Crippen LogP contribution in [-0.2, 0) is 16.0 Å². The number of nitro groups is 1. The van der Waals surface area contributed by atoms with Gasteiger partial charge in [-0.05, 0) is 44.5 Å². The van der Waals surface area contributed by atoms with Crippen LogP contribution in [0.4, 0.5) is 5.69 Å². The van der Waals surface area contributed by atoms with Crippen molar-refractivity contribution < 1.29 is 19.2 Å². The zero-order chi connectivity index (χ0) is 24.8. The molecule has 11 heteroatoms. The maximum Gasteiger partial charge on any atom is 0.344 e. The van der Waals surface area contributed by atoms with Gasteiger partial charge in [0.05, 0.1) is 28.1 Å². The number of carbonyl (C=O) groups is 1. The number of nitrogens with zero attached hydrogens (tertiary/aromatic N) is 4. The number of rotatable bonds is 9. The maximum absolute atomic E-state index is 13.2. The number of halogens is 1. The predicted octanol–water partition coefficient (Wildman–Crippen LogP) is 4.23. The Morgan fingerprint density at radius 1 is 1.29 bits per heavy atom. The van der Waals surface area contributed by atoms with E-state index in [9.17, 15) is 19.7 Å². The van der Waals surface area contributed by atoms with Crippen LogP contribution >= 0.6 is 15.9 Å². The third-order valence-corrected chi connectivity index (χ3v) is 5.07. The van der Waals surface area contributed by atoms with Gasteiger partial charge in [-0.15, -0.1) is 0 Å². The molecule has 3 aromatic rings. The maximum atomic E-state index is 13.2. The molecule has 0 N–H and O–H groups in total. The summed E-state index contributed by atoms with van der Waals surface area (Å²) in [5.41, 5.74) is 0.195. The molecule has 0 radical (unpaired) electrons. The fourth-order valence-electron chi connectivity index (χ4n) is 3.13. The van der Waals surface area contributed by atoms with Crippen molar-refractivity contribution in [3.05, 3.63) is 72.7 Å². The van der Waals surface area contributed by atoms with Crippen LogP contribution in [-0.4, -0.2) is 39.5 Å². The molecule has 0 aliphatic carbocycles. The number of carbonyl (C=O) groups excluding carboxylic acids is 1. The number of non-ortho nitro benzene ring substituents is 1. The summed E-state index contributed by atoms with van der Waals surface area (Å²) >= 11 is 3.36. The number of aryl methyl sites for hydroxylation is 1. The van der Waals surface area contributed by atoms with E-state index in [1.165, 1.54) is 29.1 Å². The molecule has 0 amide bonds. The minimum atomic E-state index is -0.581. The van der Waals surface area contributed by atoms with E-state index in [2.05, 4.69) is 26.0 Å². The van der Waals surface area contributed by atoms with Gasteiger partial charge in [0, 0.05) is 28.6 Å². The van der Waals surface area contributed by atoms with Crippen LogP contribution in [0.15, 0.2) is 50.8 Å². The summed E-state index contributed by atoms with van der Waals surface area (Å²) in [6.45, 7) is 4.99. The lowest BCUT2D eigenvalue weighted by Gasteiger charge is -2.11. The first-order chi connectivity index (χ1) is 16.2. The summed E-state index contributed by atoms with van der Waals surface area (Å²) in [5.74, 6) is 0.0469. The fraction of sp³-hybridized carbons (Fsp3) is 0.304. The summed E-state index contributed by atoms with van der Waals surface area (Å²) < 4.78 is 12.5. The average Bonchev–Trinajstić information content (AvgIpc) is 2.78. The molecule has 0 spiro atoms. The Labute approximate surface area is 203 Å². The molecule has 0 saturated carbocycles. The lowest BCUT2D eigenvalue weighted by molar-refractivity contribution is -0.384. The van der Waals surface area contributed by atoms with Crippen LogP contribution in [0.2, 0.25) is 0 Å². The summed E-state index contributed by atoms with van der Waals surface area (Å²) in [4.78, 5) is 40.3. The van der Waals surface area contributed by atoms with Crippen molar-refractivity contribution >= 4 is 44.7 Å². The lowest BCUT2D eigenvalue weighted by atomic mass is 10.2. The van der Waals surface area contributed by atoms with E-state index in [-0.39, 0.29) is 35.3 Å². The van der Waals surface area contributed by atoms with Crippen molar-refractivity contribution in [2.24, 2.45) is 5.10 Å². The number of nitro benzene ring substituents is 1. The van der Waals surface area contributed by atoms with Crippen LogP contribution in [0.3, 0.4) is 0 Å². The molecule has 0 atom stereocenters. The van der Waals surface area contributed by atoms with Gasteiger partial charge in [0.25, 0.3) is 11.2 Å². The first-order valence-corrected chi connectivity index (χ1v) is 11.3. The van der Waals surface area contributed by atoms with Gasteiger partial charge < -0.3 is 9.47 Å². The second-order valence-electron chi connectivity index (χ2n) is 7.61. The van der Waals surface area contributed by atoms with Crippen molar-refractivity contribution in [3.63, 3.8) is 0 Å². The van der Waals surface area contributed by atoms with Crippen LogP contribution in [0.25, 0.3) is 10.9 Å². The van der Waals surface area contributed by atoms with Crippen molar-refractivity contribution in [1.82, 2.24) is 9.66 Å². The number of esters is 1. The minimum absolute atomic E-state index is 0.177. The van der Waals surface area contributed by atoms with E-state index in [0.29, 0.717) is 23.1 Å². The average molecular weight is 531 g/mol. The molecule has 0 aliphatic heterocycles. The first-order valence-electron chi connectivity index (χ1n) is 10.6. The number of benzene rings is 2. The van der Waals surface area contributed by atoms with Gasteiger partial charge in [-0.1, -0.05) is 22.9 Å². The molecule has 3 rings (SSSR count). The Morgan fingerprint density at radius 2 is 2.06 bits per heavy atom. The van der Waals surface area contributed by atoms with Crippen molar-refractivity contribution in [3.8, 4) is 5.75 Å². The highest BCUT2D eigenvalue weighted by molar-refractivity contribution is 9.10. The quantitative estimate of drug-likeness (QED) is 0.175. The highest BCUT2D eigenvalue weighted by Gasteiger charge is 2.15. The van der Waals surface area contributed by atoms with Gasteiger partial charge in [0.15, 0.2) is 6.61 Å². The SMILES string of the molecule is CCCc1nc2ccc(Br)cc2c(=O)n1N=Cc1cc([N+](=O)[O-])ccc1OCC(=O)OC(C)C. The number of ether oxygens (including phenoxy) is 2. The highest BCUT2D eigenvalue weighted by Crippen LogP contribution is 2.23. The predicted molar refractivity (Wildman–Crippen MR) is 131 cm³/mol. The topological polar surface area (TPSA) is 126 Å². The lowest BCUT2D eigenvalue weighted by Crippen LogP contribution is -2.22. The van der Waals surface area contributed by atoms with Crippen LogP contribution in [0.1, 0.15) is 38.6 Å². The molecular formula is C23H23BrN4O6. The molecule has 178 valence electrons. The van der Waals surface area contributed by atoms with Crippen molar-refractivity contribution in [2.75, 3.05) is 6.61 Å². The Bertz CT molecular complexity index is 1320. The molecule has 0 unspecified atom stereocenters. The van der Waals surface area contributed by atoms with Crippen molar-refractivity contribution in [2.45, 2.75) is 39.7 Å². The standard InChI is InChI=1S/C23H23BrN4O6/c1-4-5-21-26-19-8-6-16(24)11-18(19)23(30)27(21)25-12-15-10-17(28(31)32)7-9-20(15)33-13-22(29)34-14(2)3/h6-12,14H,4-5,13H2,1-3H3. The van der Waals surface area contributed by atoms with Gasteiger partial charge in [-0.25, -0.2) is 9.78 Å². The molecule has 0 aliphatic rings. The van der Waals surface area contributed by atoms with E-state index in [1.54, 1.807) is 32.0 Å². The van der Waals surface area contributed by atoms with Gasteiger partial charge in [0.1, 0.15) is 11.6 Å². The van der Waals surface area contributed by atoms with E-state index in [4.69, 9.17) is 9.47 Å². The molecule has 2 aromatic carbocycles. The van der Waals surface area contributed by atoms with Gasteiger partial charge in [-0.3, -0.25) is 14.9 Å². The van der Waals surface area contributed by atoms with Gasteiger partial charge >= 0.3 is 5.97 Å². The Morgan fingerprint density at radius 3 is 2.74 bits per heavy atom. The monoisotopic (exact) mass is 530 g/mol. The summed E-state index contributed by atoms with van der Waals surface area (Å²) in [6, 6.07) is 9.08. The second-order valence-corrected chi connectivity index (χ2v) is 8.52. The number of hydrogen-bond acceptors (Lipinski definition) is 8. The molecule has 34 heavy (non-hydrogen) atoms. The molecule has 1 heterocycles. The molecular weight excluding hydrogens is 508 g/mol. The summed E-state index contributed by atoms with van der Waals surface area (Å²) in [7, 11) is 0. The number of aromatic nitrogens is 2. The molecule has 10 nitrogen and oxygen atoms in total. The van der Waals surface area contributed by atoms with E-state index in [0.717, 1.165) is 10.9 Å². The number of fused-ring (bicyclic) bond motifs is 1. The van der Waals surface area contributed by atoms with E-state index in [1.807, 2.05) is 6.92 Å². The fourth-order valence-corrected chi connectivity index (χ4v) is 3.50. The minimum Gasteiger partial charge on any atom is -0.481 e. The number of hydrogen-bond donors (Lipinski definition) is 0. The molecule has 0 saturated heterocycles. The van der Waals surface area contributed by atoms with E-state index < -0.39 is 10.9 Å².